The van der Waals surface area contributed by atoms with Crippen molar-refractivity contribution in [3.05, 3.63) is 102 Å². The van der Waals surface area contributed by atoms with Crippen LogP contribution in [0.15, 0.2) is 102 Å². The number of benzene rings is 5. The Hall–Kier alpha value is -3.10. The highest BCUT2D eigenvalue weighted by molar-refractivity contribution is 9.10. The predicted molar refractivity (Wildman–Crippen MR) is 123 cm³/mol. The van der Waals surface area contributed by atoms with Crippen molar-refractivity contribution in [1.82, 2.24) is 4.57 Å². The predicted octanol–water partition coefficient (Wildman–Crippen LogP) is 7.85. The largest absolute Gasteiger partial charge is 0.309 e. The lowest BCUT2D eigenvalue weighted by atomic mass is 9.97. The van der Waals surface area contributed by atoms with Crippen LogP contribution in [0.3, 0.4) is 0 Å². The van der Waals surface area contributed by atoms with Gasteiger partial charge in [-0.05, 0) is 46.5 Å². The Bertz CT molecular complexity index is 1510. The molecule has 0 saturated heterocycles. The first-order valence-electron chi connectivity index (χ1n) is 9.41. The molecule has 0 saturated carbocycles. The zero-order valence-electron chi connectivity index (χ0n) is 15.1. The lowest BCUT2D eigenvalue weighted by Crippen LogP contribution is -1.94. The molecule has 0 aliphatic carbocycles. The van der Waals surface area contributed by atoms with Gasteiger partial charge < -0.3 is 4.57 Å². The van der Waals surface area contributed by atoms with Crippen LogP contribution in [-0.4, -0.2) is 4.57 Å². The fourth-order valence-corrected chi connectivity index (χ4v) is 4.75. The third-order valence-corrected chi connectivity index (χ3v) is 6.16. The summed E-state index contributed by atoms with van der Waals surface area (Å²) < 4.78 is 3.50. The molecule has 0 bridgehead atoms. The monoisotopic (exact) mass is 421 g/mol. The summed E-state index contributed by atoms with van der Waals surface area (Å²) in [5, 5.41) is 7.82. The molecule has 132 valence electrons. The third kappa shape index (κ3) is 2.12. The van der Waals surface area contributed by atoms with Crippen molar-refractivity contribution in [2.24, 2.45) is 0 Å². The molecule has 6 rings (SSSR count). The molecule has 0 radical (unpaired) electrons. The quantitative estimate of drug-likeness (QED) is 0.238. The molecule has 1 heterocycles. The SMILES string of the molecule is Brc1ccc(-n2c3ccccc3c3c4ccccc4c4ccccc4c32)cc1. The van der Waals surface area contributed by atoms with Gasteiger partial charge in [-0.3, -0.25) is 0 Å². The van der Waals surface area contributed by atoms with Crippen LogP contribution in [0.5, 0.6) is 0 Å². The Morgan fingerprint density at radius 1 is 0.500 bits per heavy atom. The molecule has 0 aliphatic heterocycles. The Kier molecular flexibility index (Phi) is 3.38. The van der Waals surface area contributed by atoms with Crippen molar-refractivity contribution < 1.29 is 0 Å². The van der Waals surface area contributed by atoms with Crippen molar-refractivity contribution in [2.75, 3.05) is 0 Å². The minimum absolute atomic E-state index is 1.09. The molecular weight excluding hydrogens is 406 g/mol. The molecule has 28 heavy (non-hydrogen) atoms. The van der Waals surface area contributed by atoms with Crippen LogP contribution in [0.1, 0.15) is 0 Å². The molecular formula is C26H16BrN. The molecule has 6 aromatic rings. The van der Waals surface area contributed by atoms with Gasteiger partial charge in [0, 0.05) is 26.3 Å². The van der Waals surface area contributed by atoms with Gasteiger partial charge in [0.2, 0.25) is 0 Å². The Labute approximate surface area is 171 Å². The van der Waals surface area contributed by atoms with Crippen molar-refractivity contribution in [3.63, 3.8) is 0 Å². The molecule has 5 aromatic carbocycles. The summed E-state index contributed by atoms with van der Waals surface area (Å²) >= 11 is 3.57. The second kappa shape index (κ2) is 5.95. The molecule has 2 heteroatoms. The molecule has 0 fully saturated rings. The number of halogens is 1. The van der Waals surface area contributed by atoms with Crippen molar-refractivity contribution in [1.29, 1.82) is 0 Å². The summed E-state index contributed by atoms with van der Waals surface area (Å²) in [5.74, 6) is 0. The summed E-state index contributed by atoms with van der Waals surface area (Å²) in [7, 11) is 0. The Morgan fingerprint density at radius 3 is 1.75 bits per heavy atom. The highest BCUT2D eigenvalue weighted by Gasteiger charge is 2.18. The lowest BCUT2D eigenvalue weighted by Gasteiger charge is -2.12. The first kappa shape index (κ1) is 15.9. The normalized spacial score (nSPS) is 11.8. The van der Waals surface area contributed by atoms with Crippen LogP contribution in [0.2, 0.25) is 0 Å². The van der Waals surface area contributed by atoms with Crippen LogP contribution in [-0.2, 0) is 0 Å². The van der Waals surface area contributed by atoms with Crippen LogP contribution in [0, 0.1) is 0 Å². The van der Waals surface area contributed by atoms with E-state index in [0.29, 0.717) is 0 Å². The average molecular weight is 422 g/mol. The highest BCUT2D eigenvalue weighted by Crippen LogP contribution is 2.42. The summed E-state index contributed by atoms with van der Waals surface area (Å²) in [6.45, 7) is 0. The molecule has 0 N–H and O–H groups in total. The van der Waals surface area contributed by atoms with Gasteiger partial charge >= 0.3 is 0 Å². The molecule has 0 unspecified atom stereocenters. The third-order valence-electron chi connectivity index (χ3n) is 5.63. The maximum Gasteiger partial charge on any atom is 0.0625 e. The fraction of sp³-hybridized carbons (Fsp3) is 0. The molecule has 1 nitrogen and oxygen atoms in total. The van der Waals surface area contributed by atoms with E-state index in [4.69, 9.17) is 0 Å². The molecule has 0 atom stereocenters. The summed E-state index contributed by atoms with van der Waals surface area (Å²) in [5.41, 5.74) is 3.69. The van der Waals surface area contributed by atoms with E-state index in [2.05, 4.69) is 118 Å². The standard InChI is InChI=1S/C26H16BrN/c27-17-13-15-18(16-14-17)28-24-12-6-5-11-23(24)25-21-9-3-1-7-19(21)20-8-2-4-10-22(20)26(25)28/h1-16H. The topological polar surface area (TPSA) is 4.93 Å². The van der Waals surface area contributed by atoms with E-state index in [0.717, 1.165) is 4.47 Å². The molecule has 1 aromatic heterocycles. The summed E-state index contributed by atoms with van der Waals surface area (Å²) in [6, 6.07) is 34.8. The summed E-state index contributed by atoms with van der Waals surface area (Å²) in [4.78, 5) is 0. The maximum absolute atomic E-state index is 3.57. The average Bonchev–Trinajstić information content (AvgIpc) is 3.10. The number of rotatable bonds is 1. The van der Waals surface area contributed by atoms with E-state index in [9.17, 15) is 0 Å². The van der Waals surface area contributed by atoms with Crippen molar-refractivity contribution in [3.8, 4) is 5.69 Å². The first-order valence-corrected chi connectivity index (χ1v) is 10.2. The van der Waals surface area contributed by atoms with Gasteiger partial charge in [-0.2, -0.15) is 0 Å². The van der Waals surface area contributed by atoms with Crippen molar-refractivity contribution >= 4 is 59.3 Å². The maximum atomic E-state index is 3.57. The first-order chi connectivity index (χ1) is 13.8. The minimum atomic E-state index is 1.09. The minimum Gasteiger partial charge on any atom is -0.309 e. The zero-order valence-corrected chi connectivity index (χ0v) is 16.6. The van der Waals surface area contributed by atoms with Gasteiger partial charge in [0.25, 0.3) is 0 Å². The second-order valence-electron chi connectivity index (χ2n) is 7.14. The lowest BCUT2D eigenvalue weighted by molar-refractivity contribution is 1.18. The Morgan fingerprint density at radius 2 is 1.04 bits per heavy atom. The summed E-state index contributed by atoms with van der Waals surface area (Å²) in [6.07, 6.45) is 0. The molecule has 0 spiro atoms. The van der Waals surface area contributed by atoms with Gasteiger partial charge in [0.05, 0.1) is 11.0 Å². The van der Waals surface area contributed by atoms with E-state index in [-0.39, 0.29) is 0 Å². The zero-order chi connectivity index (χ0) is 18.7. The second-order valence-corrected chi connectivity index (χ2v) is 8.06. The van der Waals surface area contributed by atoms with Crippen LogP contribution < -0.4 is 0 Å². The molecule has 0 aliphatic rings. The van der Waals surface area contributed by atoms with Crippen molar-refractivity contribution in [2.45, 2.75) is 0 Å². The molecule has 0 amide bonds. The number of hydrogen-bond donors (Lipinski definition) is 0. The van der Waals surface area contributed by atoms with Gasteiger partial charge in [-0.15, -0.1) is 0 Å². The smallest absolute Gasteiger partial charge is 0.0625 e. The van der Waals surface area contributed by atoms with Crippen LogP contribution in [0.4, 0.5) is 0 Å². The van der Waals surface area contributed by atoms with Crippen LogP contribution >= 0.6 is 15.9 Å². The van der Waals surface area contributed by atoms with E-state index in [1.165, 1.54) is 49.0 Å². The van der Waals surface area contributed by atoms with Crippen LogP contribution in [0.25, 0.3) is 49.0 Å². The number of hydrogen-bond acceptors (Lipinski definition) is 0. The van der Waals surface area contributed by atoms with Gasteiger partial charge in [0.1, 0.15) is 0 Å². The van der Waals surface area contributed by atoms with E-state index < -0.39 is 0 Å². The number of aromatic nitrogens is 1. The van der Waals surface area contributed by atoms with E-state index >= 15 is 0 Å². The number of para-hydroxylation sites is 1. The Balaban J connectivity index is 1.98. The number of nitrogens with zero attached hydrogens (tertiary/aromatic N) is 1. The van der Waals surface area contributed by atoms with E-state index in [1.807, 2.05) is 0 Å². The van der Waals surface area contributed by atoms with Gasteiger partial charge in [-0.1, -0.05) is 82.7 Å². The highest BCUT2D eigenvalue weighted by atomic mass is 79.9. The fourth-order valence-electron chi connectivity index (χ4n) is 4.49. The van der Waals surface area contributed by atoms with E-state index in [1.54, 1.807) is 0 Å². The van der Waals surface area contributed by atoms with Gasteiger partial charge in [0.15, 0.2) is 0 Å². The number of fused-ring (bicyclic) bond motifs is 8. The van der Waals surface area contributed by atoms with Gasteiger partial charge in [-0.25, -0.2) is 0 Å².